The molecule has 0 saturated heterocycles. The van der Waals surface area contributed by atoms with E-state index in [9.17, 15) is 13.9 Å². The lowest BCUT2D eigenvalue weighted by atomic mass is 10.1. The maximum absolute atomic E-state index is 12.6. The van der Waals surface area contributed by atoms with E-state index < -0.39 is 12.3 Å². The minimum Gasteiger partial charge on any atom is -0.415 e. The first kappa shape index (κ1) is 19.7. The number of aromatic amines is 1. The molecule has 0 saturated carbocycles. The molecule has 0 aliphatic heterocycles. The number of aromatic nitrogens is 8. The van der Waals surface area contributed by atoms with Crippen LogP contribution in [0.5, 0.6) is 0 Å². The van der Waals surface area contributed by atoms with Gasteiger partial charge in [0.15, 0.2) is 0 Å². The Hall–Kier alpha value is -4.26. The molecule has 0 fully saturated rings. The SMILES string of the molecule is OCCn1cnc2c(-c3ccn[nH]3)cc(Nc3ncc(-c4nnc(C(F)F)o4)cn3)cc21. The number of imidazole rings is 1. The van der Waals surface area contributed by atoms with Gasteiger partial charge in [-0.1, -0.05) is 0 Å². The second-order valence-corrected chi connectivity index (χ2v) is 6.69. The molecule has 0 bridgehead atoms. The number of anilines is 2. The van der Waals surface area contributed by atoms with Gasteiger partial charge in [0, 0.05) is 36.4 Å². The molecule has 5 rings (SSSR count). The van der Waals surface area contributed by atoms with Crippen LogP contribution in [0, 0.1) is 0 Å². The molecular weight excluding hydrogens is 424 g/mol. The zero-order chi connectivity index (χ0) is 22.1. The maximum Gasteiger partial charge on any atom is 0.314 e. The number of rotatable bonds is 7. The number of fused-ring (bicyclic) bond motifs is 1. The minimum absolute atomic E-state index is 0.0317. The lowest BCUT2D eigenvalue weighted by Gasteiger charge is -2.09. The van der Waals surface area contributed by atoms with E-state index in [-0.39, 0.29) is 18.4 Å². The lowest BCUT2D eigenvalue weighted by Crippen LogP contribution is -2.01. The van der Waals surface area contributed by atoms with Crippen LogP contribution in [-0.4, -0.2) is 51.6 Å². The maximum atomic E-state index is 12.6. The quantitative estimate of drug-likeness (QED) is 0.349. The van der Waals surface area contributed by atoms with Crippen LogP contribution in [0.3, 0.4) is 0 Å². The molecule has 0 radical (unpaired) electrons. The molecule has 4 aromatic heterocycles. The fourth-order valence-corrected chi connectivity index (χ4v) is 3.20. The summed E-state index contributed by atoms with van der Waals surface area (Å²) < 4.78 is 32.0. The number of halogens is 2. The predicted octanol–water partition coefficient (Wildman–Crippen LogP) is 2.94. The van der Waals surface area contributed by atoms with Gasteiger partial charge in [-0.3, -0.25) is 5.10 Å². The van der Waals surface area contributed by atoms with Gasteiger partial charge in [0.2, 0.25) is 5.95 Å². The molecule has 4 heterocycles. The third-order valence-corrected chi connectivity index (χ3v) is 4.64. The Morgan fingerprint density at radius 1 is 1.16 bits per heavy atom. The smallest absolute Gasteiger partial charge is 0.314 e. The van der Waals surface area contributed by atoms with Crippen molar-refractivity contribution >= 4 is 22.7 Å². The van der Waals surface area contributed by atoms with Crippen molar-refractivity contribution in [3.05, 3.63) is 49.0 Å². The summed E-state index contributed by atoms with van der Waals surface area (Å²) in [7, 11) is 0. The van der Waals surface area contributed by atoms with Crippen molar-refractivity contribution in [2.24, 2.45) is 0 Å². The normalized spacial score (nSPS) is 11.5. The Morgan fingerprint density at radius 3 is 2.69 bits per heavy atom. The van der Waals surface area contributed by atoms with Gasteiger partial charge < -0.3 is 19.4 Å². The molecule has 0 aliphatic rings. The fraction of sp³-hybridized carbons (Fsp3) is 0.158. The van der Waals surface area contributed by atoms with Crippen molar-refractivity contribution in [1.29, 1.82) is 0 Å². The standard InChI is InChI=1S/C19H15F2N9O2/c20-16(21)18-29-28-17(32-18)10-7-22-19(23-8-10)26-11-5-12(13-1-2-25-27-13)15-14(6-11)30(3-4-31)9-24-15/h1-2,5-9,16,31H,3-4H2,(H,25,27)(H,22,23,26). The van der Waals surface area contributed by atoms with Crippen LogP contribution in [0.2, 0.25) is 0 Å². The zero-order valence-corrected chi connectivity index (χ0v) is 16.3. The van der Waals surface area contributed by atoms with Crippen molar-refractivity contribution in [3.63, 3.8) is 0 Å². The highest BCUT2D eigenvalue weighted by molar-refractivity contribution is 5.94. The van der Waals surface area contributed by atoms with Crippen molar-refractivity contribution in [2.75, 3.05) is 11.9 Å². The van der Waals surface area contributed by atoms with Crippen LogP contribution in [0.25, 0.3) is 33.7 Å². The van der Waals surface area contributed by atoms with E-state index in [1.54, 1.807) is 12.5 Å². The number of hydrogen-bond donors (Lipinski definition) is 3. The van der Waals surface area contributed by atoms with Gasteiger partial charge in [-0.2, -0.15) is 13.9 Å². The Balaban J connectivity index is 1.47. The van der Waals surface area contributed by atoms with Gasteiger partial charge in [-0.15, -0.1) is 10.2 Å². The molecule has 11 nitrogen and oxygen atoms in total. The summed E-state index contributed by atoms with van der Waals surface area (Å²) in [4.78, 5) is 12.9. The summed E-state index contributed by atoms with van der Waals surface area (Å²) in [6, 6.07) is 5.56. The largest absolute Gasteiger partial charge is 0.415 e. The average Bonchev–Trinajstić information content (AvgIpc) is 3.56. The van der Waals surface area contributed by atoms with Crippen LogP contribution >= 0.6 is 0 Å². The molecule has 0 atom stereocenters. The van der Waals surface area contributed by atoms with E-state index in [0.29, 0.717) is 17.8 Å². The van der Waals surface area contributed by atoms with Crippen molar-refractivity contribution in [2.45, 2.75) is 13.0 Å². The van der Waals surface area contributed by atoms with E-state index in [4.69, 9.17) is 4.42 Å². The van der Waals surface area contributed by atoms with Gasteiger partial charge in [0.1, 0.15) is 0 Å². The molecule has 0 spiro atoms. The van der Waals surface area contributed by atoms with Gasteiger partial charge in [-0.05, 0) is 18.2 Å². The molecule has 5 aromatic rings. The first-order valence-corrected chi connectivity index (χ1v) is 9.43. The summed E-state index contributed by atoms with van der Waals surface area (Å²) in [5, 5.41) is 26.3. The van der Waals surface area contributed by atoms with Gasteiger partial charge >= 0.3 is 6.43 Å². The number of alkyl halides is 2. The monoisotopic (exact) mass is 439 g/mol. The second kappa shape index (κ2) is 8.11. The second-order valence-electron chi connectivity index (χ2n) is 6.69. The first-order chi connectivity index (χ1) is 15.6. The summed E-state index contributed by atoms with van der Waals surface area (Å²) in [6.07, 6.45) is 3.24. The van der Waals surface area contributed by atoms with Crippen LogP contribution in [-0.2, 0) is 6.54 Å². The Morgan fingerprint density at radius 2 is 2.00 bits per heavy atom. The van der Waals surface area contributed by atoms with Crippen molar-refractivity contribution in [3.8, 4) is 22.7 Å². The number of hydrogen-bond acceptors (Lipinski definition) is 9. The molecule has 32 heavy (non-hydrogen) atoms. The molecule has 1 aromatic carbocycles. The van der Waals surface area contributed by atoms with Gasteiger partial charge in [-0.25, -0.2) is 15.0 Å². The van der Waals surface area contributed by atoms with E-state index >= 15 is 0 Å². The van der Waals surface area contributed by atoms with Crippen LogP contribution in [0.1, 0.15) is 12.3 Å². The minimum atomic E-state index is -2.85. The lowest BCUT2D eigenvalue weighted by molar-refractivity contribution is 0.116. The van der Waals surface area contributed by atoms with E-state index in [2.05, 4.69) is 40.7 Å². The number of nitrogens with one attached hydrogen (secondary N) is 2. The van der Waals surface area contributed by atoms with E-state index in [0.717, 1.165) is 22.3 Å². The Kier molecular flexibility index (Phi) is 4.99. The summed E-state index contributed by atoms with van der Waals surface area (Å²) >= 11 is 0. The van der Waals surface area contributed by atoms with Crippen molar-refractivity contribution < 1.29 is 18.3 Å². The molecule has 0 aliphatic carbocycles. The molecule has 162 valence electrons. The topological polar surface area (TPSA) is 143 Å². The summed E-state index contributed by atoms with van der Waals surface area (Å²) in [5.74, 6) is -0.588. The Labute approximate surface area is 178 Å². The van der Waals surface area contributed by atoms with E-state index in [1.807, 2.05) is 22.8 Å². The van der Waals surface area contributed by atoms with Gasteiger partial charge in [0.25, 0.3) is 11.8 Å². The number of aliphatic hydroxyl groups excluding tert-OH is 1. The third kappa shape index (κ3) is 3.65. The van der Waals surface area contributed by atoms with E-state index in [1.165, 1.54) is 12.4 Å². The number of nitrogens with zero attached hydrogens (tertiary/aromatic N) is 7. The number of H-pyrrole nitrogens is 1. The fourth-order valence-electron chi connectivity index (χ4n) is 3.20. The van der Waals surface area contributed by atoms with Gasteiger partial charge in [0.05, 0.1) is 35.2 Å². The molecule has 0 amide bonds. The highest BCUT2D eigenvalue weighted by atomic mass is 19.3. The van der Waals surface area contributed by atoms with Crippen LogP contribution in [0.4, 0.5) is 20.4 Å². The highest BCUT2D eigenvalue weighted by Gasteiger charge is 2.18. The first-order valence-electron chi connectivity index (χ1n) is 9.43. The molecule has 13 heteroatoms. The third-order valence-electron chi connectivity index (χ3n) is 4.64. The van der Waals surface area contributed by atoms with Crippen molar-refractivity contribution in [1.82, 2.24) is 39.9 Å². The number of benzene rings is 1. The predicted molar refractivity (Wildman–Crippen MR) is 108 cm³/mol. The number of aliphatic hydroxyl groups is 1. The molecule has 0 unspecified atom stereocenters. The zero-order valence-electron chi connectivity index (χ0n) is 16.3. The Bertz CT molecular complexity index is 1350. The molecular formula is C19H15F2N9O2. The summed E-state index contributed by atoms with van der Waals surface area (Å²) in [6.45, 7) is 0.356. The van der Waals surface area contributed by atoms with Crippen LogP contribution < -0.4 is 5.32 Å². The van der Waals surface area contributed by atoms with Crippen LogP contribution in [0.15, 0.2) is 47.5 Å². The highest BCUT2D eigenvalue weighted by Crippen LogP contribution is 2.31. The summed E-state index contributed by atoms with van der Waals surface area (Å²) in [5.41, 5.74) is 4.11. The molecule has 3 N–H and O–H groups in total. The average molecular weight is 439 g/mol.